The van der Waals surface area contributed by atoms with Gasteiger partial charge >= 0.3 is 0 Å². The van der Waals surface area contributed by atoms with Crippen LogP contribution in [0, 0.1) is 10.1 Å². The minimum absolute atomic E-state index is 0.178. The van der Waals surface area contributed by atoms with Gasteiger partial charge in [0.1, 0.15) is 17.1 Å². The molecule has 0 fully saturated rings. The topological polar surface area (TPSA) is 116 Å². The van der Waals surface area contributed by atoms with Crippen LogP contribution in [0.1, 0.15) is 21.6 Å². The first-order chi connectivity index (χ1) is 14.4. The zero-order chi connectivity index (χ0) is 21.4. The third-order valence-corrected chi connectivity index (χ3v) is 6.06. The summed E-state index contributed by atoms with van der Waals surface area (Å²) in [5, 5.41) is 18.7. The Morgan fingerprint density at radius 3 is 2.67 bits per heavy atom. The molecule has 1 atom stereocenters. The molecule has 154 valence electrons. The summed E-state index contributed by atoms with van der Waals surface area (Å²) in [6.07, 6.45) is 0. The van der Waals surface area contributed by atoms with E-state index < -0.39 is 21.6 Å². The zero-order valence-corrected chi connectivity index (χ0v) is 17.2. The highest BCUT2D eigenvalue weighted by Gasteiger charge is 2.30. The van der Waals surface area contributed by atoms with Crippen molar-refractivity contribution in [3.05, 3.63) is 74.4 Å². The number of carbonyl (C=O) groups is 1. The Hall–Kier alpha value is -3.24. The Morgan fingerprint density at radius 2 is 2.00 bits per heavy atom. The van der Waals surface area contributed by atoms with E-state index in [9.17, 15) is 19.1 Å². The predicted octanol–water partition coefficient (Wildman–Crippen LogP) is 3.46. The summed E-state index contributed by atoms with van der Waals surface area (Å²) in [6, 6.07) is 10.8. The lowest BCUT2D eigenvalue weighted by Crippen LogP contribution is -2.18. The van der Waals surface area contributed by atoms with Gasteiger partial charge in [-0.25, -0.2) is 4.68 Å². The SMILES string of the molecule is COc1ccc(-n2nc3c(c2NC(=O)c2cc(Cl)ccc2[N+](=O)[O-])CS(=O)C3)cc1. The van der Waals surface area contributed by atoms with Gasteiger partial charge in [-0.15, -0.1) is 0 Å². The molecule has 4 rings (SSSR count). The maximum absolute atomic E-state index is 12.9. The average molecular weight is 447 g/mol. The highest BCUT2D eigenvalue weighted by atomic mass is 35.5. The second-order valence-electron chi connectivity index (χ2n) is 6.48. The first kappa shape index (κ1) is 20.0. The number of methoxy groups -OCH3 is 1. The second-order valence-corrected chi connectivity index (χ2v) is 8.38. The first-order valence-electron chi connectivity index (χ1n) is 8.73. The number of fused-ring (bicyclic) bond motifs is 1. The first-order valence-corrected chi connectivity index (χ1v) is 10.6. The van der Waals surface area contributed by atoms with Crippen LogP contribution in [0.4, 0.5) is 11.5 Å². The van der Waals surface area contributed by atoms with Crippen LogP contribution < -0.4 is 10.1 Å². The summed E-state index contributed by atoms with van der Waals surface area (Å²) in [7, 11) is 0.432. The molecule has 0 radical (unpaired) electrons. The molecule has 1 aromatic heterocycles. The van der Waals surface area contributed by atoms with Crippen molar-refractivity contribution in [2.24, 2.45) is 0 Å². The molecule has 1 aliphatic heterocycles. The van der Waals surface area contributed by atoms with Gasteiger partial charge in [0.05, 0.1) is 34.9 Å². The van der Waals surface area contributed by atoms with E-state index in [1.807, 2.05) is 0 Å². The van der Waals surface area contributed by atoms with Crippen LogP contribution >= 0.6 is 11.6 Å². The summed E-state index contributed by atoms with van der Waals surface area (Å²) in [4.78, 5) is 23.6. The van der Waals surface area contributed by atoms with Gasteiger partial charge in [-0.3, -0.25) is 19.1 Å². The van der Waals surface area contributed by atoms with Crippen molar-refractivity contribution in [2.75, 3.05) is 12.4 Å². The molecule has 3 aromatic rings. The number of nitro benzene ring substituents is 1. The van der Waals surface area contributed by atoms with Crippen LogP contribution in [0.15, 0.2) is 42.5 Å². The highest BCUT2D eigenvalue weighted by molar-refractivity contribution is 7.83. The molecule has 0 saturated carbocycles. The Bertz CT molecular complexity index is 1190. The molecule has 0 spiro atoms. The normalized spacial score (nSPS) is 14.9. The quantitative estimate of drug-likeness (QED) is 0.474. The van der Waals surface area contributed by atoms with E-state index in [1.54, 1.807) is 31.4 Å². The molecular formula is C19H15ClN4O5S. The second kappa shape index (κ2) is 7.88. The number of carbonyl (C=O) groups excluding carboxylic acids is 1. The van der Waals surface area contributed by atoms with Crippen LogP contribution in [-0.2, 0) is 22.3 Å². The van der Waals surface area contributed by atoms with E-state index >= 15 is 0 Å². The largest absolute Gasteiger partial charge is 0.497 e. The van der Waals surface area contributed by atoms with Gasteiger partial charge in [-0.2, -0.15) is 5.10 Å². The van der Waals surface area contributed by atoms with E-state index in [4.69, 9.17) is 16.3 Å². The van der Waals surface area contributed by atoms with E-state index in [0.717, 1.165) is 0 Å². The molecule has 11 heteroatoms. The Labute approximate surface area is 178 Å². The fourth-order valence-electron chi connectivity index (χ4n) is 3.19. The smallest absolute Gasteiger partial charge is 0.282 e. The number of hydrogen-bond acceptors (Lipinski definition) is 6. The molecular weight excluding hydrogens is 432 g/mol. The molecule has 0 bridgehead atoms. The molecule has 0 saturated heterocycles. The number of halogens is 1. The van der Waals surface area contributed by atoms with Crippen LogP contribution in [0.2, 0.25) is 5.02 Å². The van der Waals surface area contributed by atoms with Crippen molar-refractivity contribution in [3.8, 4) is 11.4 Å². The maximum Gasteiger partial charge on any atom is 0.282 e. The molecule has 1 aliphatic rings. The maximum atomic E-state index is 12.9. The van der Waals surface area contributed by atoms with Crippen molar-refractivity contribution in [1.82, 2.24) is 9.78 Å². The van der Waals surface area contributed by atoms with Gasteiger partial charge in [-0.1, -0.05) is 11.6 Å². The molecule has 2 aromatic carbocycles. The number of anilines is 1. The van der Waals surface area contributed by atoms with Gasteiger partial charge in [0.15, 0.2) is 0 Å². The molecule has 0 aliphatic carbocycles. The summed E-state index contributed by atoms with van der Waals surface area (Å²) in [6.45, 7) is 0. The monoisotopic (exact) mass is 446 g/mol. The molecule has 1 N–H and O–H groups in total. The summed E-state index contributed by atoms with van der Waals surface area (Å²) < 4.78 is 18.7. The Kier molecular flexibility index (Phi) is 5.27. The third-order valence-electron chi connectivity index (χ3n) is 4.62. The van der Waals surface area contributed by atoms with Crippen molar-refractivity contribution in [1.29, 1.82) is 0 Å². The lowest BCUT2D eigenvalue weighted by molar-refractivity contribution is -0.385. The number of nitrogens with one attached hydrogen (secondary N) is 1. The van der Waals surface area contributed by atoms with Crippen molar-refractivity contribution >= 4 is 39.8 Å². The average Bonchev–Trinajstić information content (AvgIpc) is 3.24. The van der Waals surface area contributed by atoms with Gasteiger partial charge in [0, 0.05) is 27.5 Å². The van der Waals surface area contributed by atoms with Gasteiger partial charge in [0.2, 0.25) is 0 Å². The fraction of sp³-hybridized carbons (Fsp3) is 0.158. The number of aromatic nitrogens is 2. The molecule has 9 nitrogen and oxygen atoms in total. The van der Waals surface area contributed by atoms with Gasteiger partial charge in [-0.05, 0) is 36.4 Å². The summed E-state index contributed by atoms with van der Waals surface area (Å²) >= 11 is 5.94. The van der Waals surface area contributed by atoms with Crippen molar-refractivity contribution in [2.45, 2.75) is 11.5 Å². The lowest BCUT2D eigenvalue weighted by Gasteiger charge is -2.12. The summed E-state index contributed by atoms with van der Waals surface area (Å²) in [5.41, 5.74) is 1.35. The minimum Gasteiger partial charge on any atom is -0.497 e. The molecule has 1 unspecified atom stereocenters. The Morgan fingerprint density at radius 1 is 1.27 bits per heavy atom. The summed E-state index contributed by atoms with van der Waals surface area (Å²) in [5.74, 6) is 0.775. The standard InChI is InChI=1S/C19H15ClN4O5S/c1-29-13-5-3-12(4-6-13)23-18(15-9-30(28)10-16(15)22-23)21-19(25)14-8-11(20)2-7-17(14)24(26)27/h2-8H,9-10H2,1H3,(H,21,25). The van der Waals surface area contributed by atoms with E-state index in [1.165, 1.54) is 22.9 Å². The zero-order valence-electron chi connectivity index (χ0n) is 15.6. The van der Waals surface area contributed by atoms with E-state index in [2.05, 4.69) is 10.4 Å². The molecule has 1 amide bonds. The number of ether oxygens (including phenoxy) is 1. The van der Waals surface area contributed by atoms with Gasteiger partial charge < -0.3 is 10.1 Å². The predicted molar refractivity (Wildman–Crippen MR) is 112 cm³/mol. The molecule has 2 heterocycles. The molecule has 30 heavy (non-hydrogen) atoms. The Balaban J connectivity index is 1.77. The number of nitro groups is 1. The van der Waals surface area contributed by atoms with Gasteiger partial charge in [0.25, 0.3) is 11.6 Å². The number of rotatable bonds is 5. The van der Waals surface area contributed by atoms with Crippen LogP contribution in [-0.4, -0.2) is 31.9 Å². The number of hydrogen-bond donors (Lipinski definition) is 1. The van der Waals surface area contributed by atoms with E-state index in [0.29, 0.717) is 28.5 Å². The van der Waals surface area contributed by atoms with Crippen LogP contribution in [0.25, 0.3) is 5.69 Å². The number of amides is 1. The van der Waals surface area contributed by atoms with Crippen LogP contribution in [0.5, 0.6) is 5.75 Å². The van der Waals surface area contributed by atoms with Crippen LogP contribution in [0.3, 0.4) is 0 Å². The van der Waals surface area contributed by atoms with Crippen molar-refractivity contribution in [3.63, 3.8) is 0 Å². The highest BCUT2D eigenvalue weighted by Crippen LogP contribution is 2.33. The van der Waals surface area contributed by atoms with E-state index in [-0.39, 0.29) is 27.8 Å². The number of nitrogens with zero attached hydrogens (tertiary/aromatic N) is 3. The van der Waals surface area contributed by atoms with Crippen molar-refractivity contribution < 1.29 is 18.7 Å². The minimum atomic E-state index is -1.12. The fourth-order valence-corrected chi connectivity index (χ4v) is 4.63. The number of benzene rings is 2. The third kappa shape index (κ3) is 3.66. The lowest BCUT2D eigenvalue weighted by atomic mass is 10.1.